The second kappa shape index (κ2) is 8.32. The second-order valence-electron chi connectivity index (χ2n) is 5.51. The van der Waals surface area contributed by atoms with Crippen LogP contribution in [-0.4, -0.2) is 12.7 Å². The third kappa shape index (κ3) is 4.99. The molecule has 0 aliphatic heterocycles. The molecule has 0 aliphatic carbocycles. The van der Waals surface area contributed by atoms with Crippen LogP contribution in [0.4, 0.5) is 5.69 Å². The minimum Gasteiger partial charge on any atom is -0.494 e. The van der Waals surface area contributed by atoms with E-state index in [1.54, 1.807) is 0 Å². The number of nitrogens with one attached hydrogen (secondary N) is 1. The molecular formula is C19H25NO2. The smallest absolute Gasteiger partial charge is 0.142 e. The van der Waals surface area contributed by atoms with E-state index in [1.807, 2.05) is 50.2 Å². The van der Waals surface area contributed by atoms with Crippen molar-refractivity contribution in [2.45, 2.75) is 39.8 Å². The molecule has 0 spiro atoms. The average Bonchev–Trinajstić information content (AvgIpc) is 2.52. The van der Waals surface area contributed by atoms with Crippen LogP contribution in [0.1, 0.15) is 32.8 Å². The highest BCUT2D eigenvalue weighted by atomic mass is 16.5. The first-order valence-corrected chi connectivity index (χ1v) is 7.90. The summed E-state index contributed by atoms with van der Waals surface area (Å²) in [6.07, 6.45) is 1.19. The van der Waals surface area contributed by atoms with E-state index < -0.39 is 0 Å². The molecule has 0 atom stereocenters. The predicted molar refractivity (Wildman–Crippen MR) is 91.8 cm³/mol. The molecule has 22 heavy (non-hydrogen) atoms. The van der Waals surface area contributed by atoms with E-state index in [0.717, 1.165) is 36.8 Å². The maximum absolute atomic E-state index is 5.81. The highest BCUT2D eigenvalue weighted by molar-refractivity contribution is 5.56. The lowest BCUT2D eigenvalue weighted by Crippen LogP contribution is -2.08. The fraction of sp³-hybridized carbons (Fsp3) is 0.368. The molecule has 0 amide bonds. The van der Waals surface area contributed by atoms with Crippen molar-refractivity contribution in [2.24, 2.45) is 0 Å². The van der Waals surface area contributed by atoms with Crippen LogP contribution in [0.2, 0.25) is 0 Å². The van der Waals surface area contributed by atoms with Crippen molar-refractivity contribution < 1.29 is 9.47 Å². The van der Waals surface area contributed by atoms with Crippen LogP contribution >= 0.6 is 0 Å². The molecule has 3 heteroatoms. The number of ether oxygens (including phenoxy) is 2. The molecule has 2 rings (SSSR count). The number of hydrogen-bond donors (Lipinski definition) is 1. The Morgan fingerprint density at radius 2 is 1.73 bits per heavy atom. The Labute approximate surface area is 133 Å². The highest BCUT2D eigenvalue weighted by Crippen LogP contribution is 2.25. The van der Waals surface area contributed by atoms with Crippen LogP contribution < -0.4 is 14.8 Å². The number of benzene rings is 2. The van der Waals surface area contributed by atoms with E-state index >= 15 is 0 Å². The third-order valence-corrected chi connectivity index (χ3v) is 3.13. The minimum atomic E-state index is 0.165. The first-order valence-electron chi connectivity index (χ1n) is 7.90. The van der Waals surface area contributed by atoms with Gasteiger partial charge in [0.05, 0.1) is 18.4 Å². The average molecular weight is 299 g/mol. The first-order chi connectivity index (χ1) is 10.7. The molecule has 2 aromatic rings. The number of anilines is 1. The van der Waals surface area contributed by atoms with Crippen molar-refractivity contribution in [3.05, 3.63) is 54.1 Å². The van der Waals surface area contributed by atoms with Gasteiger partial charge < -0.3 is 14.8 Å². The van der Waals surface area contributed by atoms with Gasteiger partial charge in [0.2, 0.25) is 0 Å². The van der Waals surface area contributed by atoms with Crippen LogP contribution in [-0.2, 0) is 6.54 Å². The van der Waals surface area contributed by atoms with Gasteiger partial charge in [0.1, 0.15) is 11.5 Å². The Balaban J connectivity index is 1.95. The van der Waals surface area contributed by atoms with Gasteiger partial charge in [-0.15, -0.1) is 0 Å². The lowest BCUT2D eigenvalue weighted by atomic mass is 10.2. The zero-order valence-corrected chi connectivity index (χ0v) is 13.6. The molecule has 0 bridgehead atoms. The molecule has 3 nitrogen and oxygen atoms in total. The normalized spacial score (nSPS) is 10.5. The van der Waals surface area contributed by atoms with Gasteiger partial charge in [-0.1, -0.05) is 31.2 Å². The Hall–Kier alpha value is -2.16. The van der Waals surface area contributed by atoms with E-state index in [1.165, 1.54) is 5.56 Å². The largest absolute Gasteiger partial charge is 0.494 e. The highest BCUT2D eigenvalue weighted by Gasteiger charge is 2.04. The molecule has 0 unspecified atom stereocenters. The summed E-state index contributed by atoms with van der Waals surface area (Å²) >= 11 is 0. The number of hydrogen-bond acceptors (Lipinski definition) is 3. The van der Waals surface area contributed by atoms with Crippen LogP contribution in [0, 0.1) is 0 Å². The summed E-state index contributed by atoms with van der Waals surface area (Å²) in [5.74, 6) is 1.81. The van der Waals surface area contributed by atoms with Crippen molar-refractivity contribution in [1.29, 1.82) is 0 Å². The molecule has 0 saturated heterocycles. The summed E-state index contributed by atoms with van der Waals surface area (Å²) in [4.78, 5) is 0. The van der Waals surface area contributed by atoms with Crippen LogP contribution in [0.25, 0.3) is 0 Å². The van der Waals surface area contributed by atoms with Gasteiger partial charge in [-0.2, -0.15) is 0 Å². The molecule has 2 aromatic carbocycles. The van der Waals surface area contributed by atoms with E-state index in [0.29, 0.717) is 0 Å². The summed E-state index contributed by atoms with van der Waals surface area (Å²) < 4.78 is 11.4. The van der Waals surface area contributed by atoms with Gasteiger partial charge in [-0.3, -0.25) is 0 Å². The summed E-state index contributed by atoms with van der Waals surface area (Å²) in [6.45, 7) is 7.69. The molecule has 0 aliphatic rings. The molecule has 0 fully saturated rings. The summed E-state index contributed by atoms with van der Waals surface area (Å²) in [5.41, 5.74) is 2.23. The number of rotatable bonds is 8. The summed E-state index contributed by atoms with van der Waals surface area (Å²) in [5, 5.41) is 3.43. The lowest BCUT2D eigenvalue weighted by molar-refractivity contribution is 0.243. The molecular weight excluding hydrogens is 274 g/mol. The predicted octanol–water partition coefficient (Wildman–Crippen LogP) is 4.87. The summed E-state index contributed by atoms with van der Waals surface area (Å²) in [6, 6.07) is 16.2. The van der Waals surface area contributed by atoms with Gasteiger partial charge in [0.25, 0.3) is 0 Å². The molecule has 0 radical (unpaired) electrons. The zero-order valence-electron chi connectivity index (χ0n) is 13.6. The SMILES string of the molecule is CCCOc1ccc(CNc2ccccc2OC(C)C)cc1. The van der Waals surface area contributed by atoms with Gasteiger partial charge in [-0.25, -0.2) is 0 Å². The molecule has 0 aromatic heterocycles. The van der Waals surface area contributed by atoms with Crippen LogP contribution in [0.15, 0.2) is 48.5 Å². The molecule has 0 saturated carbocycles. The fourth-order valence-electron chi connectivity index (χ4n) is 2.09. The second-order valence-corrected chi connectivity index (χ2v) is 5.51. The van der Waals surface area contributed by atoms with Crippen molar-refractivity contribution in [3.63, 3.8) is 0 Å². The van der Waals surface area contributed by atoms with Gasteiger partial charge in [0.15, 0.2) is 0 Å². The van der Waals surface area contributed by atoms with Crippen molar-refractivity contribution >= 4 is 5.69 Å². The number of para-hydroxylation sites is 2. The lowest BCUT2D eigenvalue weighted by Gasteiger charge is -2.15. The zero-order chi connectivity index (χ0) is 15.8. The minimum absolute atomic E-state index is 0.165. The van der Waals surface area contributed by atoms with E-state index in [2.05, 4.69) is 24.4 Å². The Morgan fingerprint density at radius 1 is 1.00 bits per heavy atom. The third-order valence-electron chi connectivity index (χ3n) is 3.13. The van der Waals surface area contributed by atoms with Gasteiger partial charge in [-0.05, 0) is 50.1 Å². The van der Waals surface area contributed by atoms with E-state index in [-0.39, 0.29) is 6.10 Å². The van der Waals surface area contributed by atoms with Gasteiger partial charge >= 0.3 is 0 Å². The van der Waals surface area contributed by atoms with E-state index in [9.17, 15) is 0 Å². The summed E-state index contributed by atoms with van der Waals surface area (Å²) in [7, 11) is 0. The van der Waals surface area contributed by atoms with Crippen molar-refractivity contribution in [1.82, 2.24) is 0 Å². The Bertz CT molecular complexity index is 564. The molecule has 1 N–H and O–H groups in total. The van der Waals surface area contributed by atoms with Gasteiger partial charge in [0, 0.05) is 6.54 Å². The van der Waals surface area contributed by atoms with Crippen molar-refractivity contribution in [3.8, 4) is 11.5 Å². The van der Waals surface area contributed by atoms with E-state index in [4.69, 9.17) is 9.47 Å². The molecule has 118 valence electrons. The fourth-order valence-corrected chi connectivity index (χ4v) is 2.09. The monoisotopic (exact) mass is 299 g/mol. The van der Waals surface area contributed by atoms with Crippen molar-refractivity contribution in [2.75, 3.05) is 11.9 Å². The topological polar surface area (TPSA) is 30.5 Å². The standard InChI is InChI=1S/C19H25NO2/c1-4-13-21-17-11-9-16(10-12-17)14-20-18-7-5-6-8-19(18)22-15(2)3/h5-12,15,20H,4,13-14H2,1-3H3. The Kier molecular flexibility index (Phi) is 6.13. The van der Waals surface area contributed by atoms with Crippen LogP contribution in [0.3, 0.4) is 0 Å². The van der Waals surface area contributed by atoms with Crippen LogP contribution in [0.5, 0.6) is 11.5 Å². The Morgan fingerprint density at radius 3 is 2.41 bits per heavy atom. The first kappa shape index (κ1) is 16.2. The maximum Gasteiger partial charge on any atom is 0.142 e. The molecule has 0 heterocycles. The maximum atomic E-state index is 5.81. The quantitative estimate of drug-likeness (QED) is 0.754.